The fourth-order valence-electron chi connectivity index (χ4n) is 4.08. The number of aliphatic hydroxyl groups excluding tert-OH is 1. The predicted octanol–water partition coefficient (Wildman–Crippen LogP) is 2.85. The van der Waals surface area contributed by atoms with Crippen LogP contribution in [0.3, 0.4) is 0 Å². The Balaban J connectivity index is 2.26. The van der Waals surface area contributed by atoms with Crippen LogP contribution in [0.2, 0.25) is 18.1 Å². The number of hydrogen-bond donors (Lipinski definition) is 2. The number of carbonyl (C=O) groups excluding carboxylic acids is 1. The summed E-state index contributed by atoms with van der Waals surface area (Å²) in [5, 5.41) is 21.6. The van der Waals surface area contributed by atoms with Gasteiger partial charge < -0.3 is 19.4 Å². The number of aliphatic hydroxyl groups is 2. The van der Waals surface area contributed by atoms with Crippen LogP contribution in [0.15, 0.2) is 0 Å². The highest BCUT2D eigenvalue weighted by molar-refractivity contribution is 6.74. The van der Waals surface area contributed by atoms with Gasteiger partial charge in [0.2, 0.25) is 0 Å². The smallest absolute Gasteiger partial charge is 0.308 e. The van der Waals surface area contributed by atoms with Crippen molar-refractivity contribution in [2.24, 2.45) is 11.3 Å². The number of hydrogen-bond acceptors (Lipinski definition) is 5. The number of fused-ring (bicyclic) bond motifs is 1. The number of rotatable bonds is 4. The molecule has 0 unspecified atom stereocenters. The lowest BCUT2D eigenvalue weighted by Gasteiger charge is -2.45. The van der Waals surface area contributed by atoms with Crippen molar-refractivity contribution < 1.29 is 24.2 Å². The average molecular weight is 359 g/mol. The van der Waals surface area contributed by atoms with Crippen molar-refractivity contribution in [3.63, 3.8) is 0 Å². The highest BCUT2D eigenvalue weighted by atomic mass is 28.4. The SMILES string of the molecule is COC(=O)C[C@]1(O)C[C@@H]2C(C)(C)[C@]2(O[Si](C)(C)C(C)(C)C)C[C@H]1O. The van der Waals surface area contributed by atoms with Crippen LogP contribution in [0.1, 0.15) is 53.9 Å². The van der Waals surface area contributed by atoms with E-state index in [0.29, 0.717) is 12.8 Å². The molecule has 2 rings (SSSR count). The molecular formula is C18H34O5Si. The molecule has 2 saturated carbocycles. The minimum Gasteiger partial charge on any atom is -0.469 e. The fourth-order valence-corrected chi connectivity index (χ4v) is 5.79. The standard InChI is InChI=1S/C18H34O5Si/c1-15(2,3)24(7,8)23-18-10-13(19)17(21,11-14(20)22-6)9-12(18)16(18,4)5/h12-13,19,21H,9-11H2,1-8H3/t12-,13-,17-,18+/m1/s1. The maximum absolute atomic E-state index is 11.6. The van der Waals surface area contributed by atoms with E-state index in [4.69, 9.17) is 4.43 Å². The highest BCUT2D eigenvalue weighted by Gasteiger charge is 2.78. The van der Waals surface area contributed by atoms with Gasteiger partial charge in [-0.15, -0.1) is 0 Å². The van der Waals surface area contributed by atoms with Crippen molar-refractivity contribution in [3.8, 4) is 0 Å². The molecule has 2 aliphatic rings. The lowest BCUT2D eigenvalue weighted by molar-refractivity contribution is -0.162. The van der Waals surface area contributed by atoms with Crippen LogP contribution < -0.4 is 0 Å². The Hall–Kier alpha value is -0.433. The molecule has 2 aliphatic carbocycles. The van der Waals surface area contributed by atoms with Gasteiger partial charge in [-0.2, -0.15) is 0 Å². The molecule has 0 amide bonds. The van der Waals surface area contributed by atoms with Gasteiger partial charge in [0.15, 0.2) is 8.32 Å². The molecule has 0 aromatic rings. The van der Waals surface area contributed by atoms with Crippen LogP contribution in [0.4, 0.5) is 0 Å². The minimum atomic E-state index is -2.01. The van der Waals surface area contributed by atoms with E-state index in [1.807, 2.05) is 0 Å². The monoisotopic (exact) mass is 358 g/mol. The summed E-state index contributed by atoms with van der Waals surface area (Å²) in [6.45, 7) is 15.3. The summed E-state index contributed by atoms with van der Waals surface area (Å²) in [6.07, 6.45) is -0.428. The second-order valence-corrected chi connectivity index (χ2v) is 14.5. The molecule has 2 N–H and O–H groups in total. The first-order chi connectivity index (χ1) is 10.6. The topological polar surface area (TPSA) is 76.0 Å². The van der Waals surface area contributed by atoms with E-state index in [0.717, 1.165) is 0 Å². The second kappa shape index (κ2) is 5.53. The Labute approximate surface area is 146 Å². The van der Waals surface area contributed by atoms with Crippen LogP contribution in [-0.4, -0.2) is 48.9 Å². The lowest BCUT2D eigenvalue weighted by Crippen LogP contribution is -2.54. The quantitative estimate of drug-likeness (QED) is 0.597. The first-order valence-corrected chi connectivity index (χ1v) is 11.7. The molecule has 24 heavy (non-hydrogen) atoms. The highest BCUT2D eigenvalue weighted by Crippen LogP contribution is 2.73. The zero-order valence-corrected chi connectivity index (χ0v) is 17.4. The summed E-state index contributed by atoms with van der Waals surface area (Å²) in [6, 6.07) is 0. The molecule has 0 saturated heterocycles. The van der Waals surface area contributed by atoms with Gasteiger partial charge in [0.25, 0.3) is 0 Å². The predicted molar refractivity (Wildman–Crippen MR) is 95.1 cm³/mol. The first-order valence-electron chi connectivity index (χ1n) is 8.80. The van der Waals surface area contributed by atoms with Crippen molar-refractivity contribution in [2.75, 3.05) is 7.11 Å². The molecule has 0 aliphatic heterocycles. The van der Waals surface area contributed by atoms with Gasteiger partial charge in [-0.25, -0.2) is 0 Å². The third-order valence-corrected chi connectivity index (χ3v) is 11.5. The van der Waals surface area contributed by atoms with E-state index in [9.17, 15) is 15.0 Å². The number of ether oxygens (including phenoxy) is 1. The maximum Gasteiger partial charge on any atom is 0.308 e. The number of carbonyl (C=O) groups is 1. The zero-order chi connectivity index (χ0) is 18.8. The third kappa shape index (κ3) is 2.85. The molecule has 0 spiro atoms. The molecule has 140 valence electrons. The largest absolute Gasteiger partial charge is 0.469 e. The molecule has 5 nitrogen and oxygen atoms in total. The molecule has 0 radical (unpaired) electrons. The fraction of sp³-hybridized carbons (Fsp3) is 0.944. The van der Waals surface area contributed by atoms with Gasteiger partial charge in [0, 0.05) is 6.42 Å². The minimum absolute atomic E-state index is 0.0791. The van der Waals surface area contributed by atoms with Crippen LogP contribution >= 0.6 is 0 Å². The summed E-state index contributed by atoms with van der Waals surface area (Å²) in [7, 11) is -0.713. The van der Waals surface area contributed by atoms with Crippen LogP contribution in [0.25, 0.3) is 0 Å². The summed E-state index contributed by atoms with van der Waals surface area (Å²) in [4.78, 5) is 11.6. The summed E-state index contributed by atoms with van der Waals surface area (Å²) >= 11 is 0. The zero-order valence-electron chi connectivity index (χ0n) is 16.4. The number of esters is 1. The summed E-state index contributed by atoms with van der Waals surface area (Å²) < 4.78 is 11.5. The molecule has 0 aromatic carbocycles. The summed E-state index contributed by atoms with van der Waals surface area (Å²) in [5.74, 6) is -0.356. The first kappa shape index (κ1) is 19.9. The Kier molecular flexibility index (Phi) is 4.58. The van der Waals surface area contributed by atoms with Crippen LogP contribution in [0.5, 0.6) is 0 Å². The molecular weight excluding hydrogens is 324 g/mol. The van der Waals surface area contributed by atoms with Gasteiger partial charge >= 0.3 is 5.97 Å². The second-order valence-electron chi connectivity index (χ2n) is 9.81. The van der Waals surface area contributed by atoms with Gasteiger partial charge in [-0.3, -0.25) is 4.79 Å². The van der Waals surface area contributed by atoms with E-state index >= 15 is 0 Å². The van der Waals surface area contributed by atoms with E-state index in [1.54, 1.807) is 0 Å². The van der Waals surface area contributed by atoms with Crippen molar-refractivity contribution in [1.29, 1.82) is 0 Å². The van der Waals surface area contributed by atoms with Crippen LogP contribution in [0, 0.1) is 11.3 Å². The van der Waals surface area contributed by atoms with Crippen molar-refractivity contribution >= 4 is 14.3 Å². The van der Waals surface area contributed by atoms with Crippen molar-refractivity contribution in [3.05, 3.63) is 0 Å². The van der Waals surface area contributed by atoms with E-state index in [2.05, 4.69) is 52.4 Å². The van der Waals surface area contributed by atoms with Crippen LogP contribution in [-0.2, 0) is 14.0 Å². The Bertz CT molecular complexity index is 524. The lowest BCUT2D eigenvalue weighted by atomic mass is 9.79. The Morgan fingerprint density at radius 2 is 1.79 bits per heavy atom. The third-order valence-electron chi connectivity index (χ3n) is 7.04. The molecule has 0 heterocycles. The van der Waals surface area contributed by atoms with Gasteiger partial charge in [0.1, 0.15) is 5.60 Å². The average Bonchev–Trinajstić information content (AvgIpc) is 2.82. The van der Waals surface area contributed by atoms with E-state index in [-0.39, 0.29) is 22.8 Å². The van der Waals surface area contributed by atoms with Gasteiger partial charge in [-0.05, 0) is 35.9 Å². The number of methoxy groups -OCH3 is 1. The Morgan fingerprint density at radius 3 is 2.25 bits per heavy atom. The van der Waals surface area contributed by atoms with Gasteiger partial charge in [-0.1, -0.05) is 34.6 Å². The summed E-state index contributed by atoms with van der Waals surface area (Å²) in [5.41, 5.74) is -1.95. The molecule has 0 bridgehead atoms. The maximum atomic E-state index is 11.6. The van der Waals surface area contributed by atoms with E-state index in [1.165, 1.54) is 7.11 Å². The molecule has 4 atom stereocenters. The molecule has 0 aromatic heterocycles. The molecule has 6 heteroatoms. The van der Waals surface area contributed by atoms with E-state index < -0.39 is 31.6 Å². The van der Waals surface area contributed by atoms with Gasteiger partial charge in [0.05, 0.1) is 25.2 Å². The molecule has 2 fully saturated rings. The van der Waals surface area contributed by atoms with Crippen molar-refractivity contribution in [2.45, 2.75) is 89.3 Å². The van der Waals surface area contributed by atoms with Crippen molar-refractivity contribution in [1.82, 2.24) is 0 Å². The normalized spacial score (nSPS) is 38.4. The Morgan fingerprint density at radius 1 is 1.25 bits per heavy atom.